The average Bonchev–Trinajstić information content (AvgIpc) is 1.81. The van der Waals surface area contributed by atoms with Crippen LogP contribution in [-0.4, -0.2) is 19.1 Å². The third kappa shape index (κ3) is 3.85. The van der Waals surface area contributed by atoms with Gasteiger partial charge in [0.15, 0.2) is 0 Å². The number of likely N-dealkylation sites (N-methyl/N-ethyl adjacent to an activating group) is 1. The maximum Gasteiger partial charge on any atom is 0.0215 e. The second kappa shape index (κ2) is 4.69. The van der Waals surface area contributed by atoms with Crippen molar-refractivity contribution < 1.29 is 0 Å². The lowest BCUT2D eigenvalue weighted by atomic mass is 9.99. The Labute approximate surface area is 64.2 Å². The highest BCUT2D eigenvalue weighted by molar-refractivity contribution is 4.74. The van der Waals surface area contributed by atoms with E-state index in [9.17, 15) is 0 Å². The number of nitrogens with two attached hydrogens (primary N) is 1. The topological polar surface area (TPSA) is 38.0 Å². The van der Waals surface area contributed by atoms with Gasteiger partial charge in [-0.25, -0.2) is 0 Å². The van der Waals surface area contributed by atoms with Gasteiger partial charge in [0, 0.05) is 12.1 Å². The molecule has 0 rings (SSSR count). The van der Waals surface area contributed by atoms with Crippen LogP contribution < -0.4 is 11.1 Å². The Morgan fingerprint density at radius 1 is 1.30 bits per heavy atom. The van der Waals surface area contributed by atoms with Gasteiger partial charge in [-0.15, -0.1) is 0 Å². The van der Waals surface area contributed by atoms with E-state index in [4.69, 9.17) is 5.73 Å². The molecule has 0 aromatic carbocycles. The molecule has 0 saturated carbocycles. The third-order valence-electron chi connectivity index (χ3n) is 1.73. The van der Waals surface area contributed by atoms with Crippen LogP contribution in [0.1, 0.15) is 27.2 Å². The van der Waals surface area contributed by atoms with Crippen LogP contribution in [0.15, 0.2) is 0 Å². The van der Waals surface area contributed by atoms with Gasteiger partial charge in [-0.1, -0.05) is 13.8 Å². The summed E-state index contributed by atoms with van der Waals surface area (Å²) in [6, 6.07) is 0.729. The summed E-state index contributed by atoms with van der Waals surface area (Å²) >= 11 is 0. The van der Waals surface area contributed by atoms with Crippen LogP contribution in [0.5, 0.6) is 0 Å². The first-order chi connectivity index (χ1) is 4.57. The molecule has 3 N–H and O–H groups in total. The SMILES string of the molecule is CNC(CC(C)C)C(C)N. The van der Waals surface area contributed by atoms with Crippen molar-refractivity contribution in [1.82, 2.24) is 5.32 Å². The van der Waals surface area contributed by atoms with Crippen LogP contribution in [0.3, 0.4) is 0 Å². The number of rotatable bonds is 4. The number of hydrogen-bond acceptors (Lipinski definition) is 2. The van der Waals surface area contributed by atoms with Crippen LogP contribution in [0.4, 0.5) is 0 Å². The van der Waals surface area contributed by atoms with E-state index in [1.165, 1.54) is 0 Å². The normalized spacial score (nSPS) is 17.4. The average molecular weight is 144 g/mol. The molecule has 10 heavy (non-hydrogen) atoms. The second-order valence-electron chi connectivity index (χ2n) is 3.38. The first-order valence-electron chi connectivity index (χ1n) is 4.00. The highest BCUT2D eigenvalue weighted by atomic mass is 14.9. The Bertz CT molecular complexity index is 79.3. The molecule has 0 fully saturated rings. The molecule has 0 aliphatic heterocycles. The van der Waals surface area contributed by atoms with Crippen LogP contribution in [0.2, 0.25) is 0 Å². The van der Waals surface area contributed by atoms with E-state index in [0.29, 0.717) is 6.04 Å². The Morgan fingerprint density at radius 3 is 1.90 bits per heavy atom. The molecular weight excluding hydrogens is 124 g/mol. The van der Waals surface area contributed by atoms with E-state index in [-0.39, 0.29) is 6.04 Å². The van der Waals surface area contributed by atoms with Gasteiger partial charge in [0.1, 0.15) is 0 Å². The molecular formula is C8H20N2. The van der Waals surface area contributed by atoms with Gasteiger partial charge in [-0.05, 0) is 26.3 Å². The summed E-state index contributed by atoms with van der Waals surface area (Å²) in [6.07, 6.45) is 1.16. The number of nitrogens with one attached hydrogen (secondary N) is 1. The molecule has 0 heterocycles. The zero-order chi connectivity index (χ0) is 8.15. The Morgan fingerprint density at radius 2 is 1.80 bits per heavy atom. The van der Waals surface area contributed by atoms with Crippen LogP contribution in [0, 0.1) is 5.92 Å². The summed E-state index contributed by atoms with van der Waals surface area (Å²) in [5.74, 6) is 0.725. The highest BCUT2D eigenvalue weighted by Gasteiger charge is 2.11. The van der Waals surface area contributed by atoms with Gasteiger partial charge in [0.25, 0.3) is 0 Å². The molecule has 0 spiro atoms. The standard InChI is InChI=1S/C8H20N2/c1-6(2)5-8(10-4)7(3)9/h6-8,10H,5,9H2,1-4H3. The third-order valence-corrected chi connectivity index (χ3v) is 1.73. The second-order valence-corrected chi connectivity index (χ2v) is 3.38. The van der Waals surface area contributed by atoms with Crippen molar-refractivity contribution in [3.63, 3.8) is 0 Å². The van der Waals surface area contributed by atoms with Crippen molar-refractivity contribution in [1.29, 1.82) is 0 Å². The maximum atomic E-state index is 5.73. The van der Waals surface area contributed by atoms with Gasteiger partial charge in [0.2, 0.25) is 0 Å². The first kappa shape index (κ1) is 9.92. The molecule has 0 aliphatic rings. The quantitative estimate of drug-likeness (QED) is 0.617. The minimum atomic E-state index is 0.257. The van der Waals surface area contributed by atoms with Crippen LogP contribution >= 0.6 is 0 Å². The Hall–Kier alpha value is -0.0800. The molecule has 2 nitrogen and oxygen atoms in total. The first-order valence-corrected chi connectivity index (χ1v) is 4.00. The fourth-order valence-corrected chi connectivity index (χ4v) is 1.10. The molecule has 2 heteroatoms. The van der Waals surface area contributed by atoms with Crippen LogP contribution in [-0.2, 0) is 0 Å². The highest BCUT2D eigenvalue weighted by Crippen LogP contribution is 2.05. The fraction of sp³-hybridized carbons (Fsp3) is 1.00. The minimum absolute atomic E-state index is 0.257. The van der Waals surface area contributed by atoms with Crippen molar-refractivity contribution in [2.24, 2.45) is 11.7 Å². The zero-order valence-electron chi connectivity index (χ0n) is 7.52. The van der Waals surface area contributed by atoms with E-state index in [2.05, 4.69) is 19.2 Å². The van der Waals surface area contributed by atoms with Crippen molar-refractivity contribution in [3.8, 4) is 0 Å². The molecule has 0 radical (unpaired) electrons. The van der Waals surface area contributed by atoms with Gasteiger partial charge < -0.3 is 11.1 Å². The van der Waals surface area contributed by atoms with E-state index >= 15 is 0 Å². The smallest absolute Gasteiger partial charge is 0.0215 e. The lowest BCUT2D eigenvalue weighted by Gasteiger charge is -2.21. The minimum Gasteiger partial charge on any atom is -0.327 e. The van der Waals surface area contributed by atoms with Crippen molar-refractivity contribution >= 4 is 0 Å². The van der Waals surface area contributed by atoms with E-state index in [0.717, 1.165) is 12.3 Å². The molecule has 0 amide bonds. The molecule has 2 unspecified atom stereocenters. The molecule has 0 bridgehead atoms. The lowest BCUT2D eigenvalue weighted by Crippen LogP contribution is -2.42. The maximum absolute atomic E-state index is 5.73. The van der Waals surface area contributed by atoms with Crippen molar-refractivity contribution in [2.45, 2.75) is 39.3 Å². The predicted octanol–water partition coefficient (Wildman–Crippen LogP) is 0.968. The number of hydrogen-bond donors (Lipinski definition) is 2. The largest absolute Gasteiger partial charge is 0.327 e. The molecule has 0 aromatic heterocycles. The van der Waals surface area contributed by atoms with Gasteiger partial charge >= 0.3 is 0 Å². The summed E-state index contributed by atoms with van der Waals surface area (Å²) in [6.45, 7) is 6.48. The van der Waals surface area contributed by atoms with Gasteiger partial charge in [0.05, 0.1) is 0 Å². The van der Waals surface area contributed by atoms with Gasteiger partial charge in [-0.3, -0.25) is 0 Å². The Balaban J connectivity index is 3.60. The van der Waals surface area contributed by atoms with E-state index < -0.39 is 0 Å². The van der Waals surface area contributed by atoms with E-state index in [1.807, 2.05) is 14.0 Å². The molecule has 0 aliphatic carbocycles. The van der Waals surface area contributed by atoms with Crippen LogP contribution in [0.25, 0.3) is 0 Å². The molecule has 2 atom stereocenters. The summed E-state index contributed by atoms with van der Waals surface area (Å²) < 4.78 is 0. The summed E-state index contributed by atoms with van der Waals surface area (Å²) in [5, 5.41) is 3.21. The fourth-order valence-electron chi connectivity index (χ4n) is 1.10. The molecule has 62 valence electrons. The lowest BCUT2D eigenvalue weighted by molar-refractivity contribution is 0.397. The predicted molar refractivity (Wildman–Crippen MR) is 46.0 cm³/mol. The van der Waals surface area contributed by atoms with Crippen molar-refractivity contribution in [3.05, 3.63) is 0 Å². The van der Waals surface area contributed by atoms with Crippen molar-refractivity contribution in [2.75, 3.05) is 7.05 Å². The molecule has 0 saturated heterocycles. The Kier molecular flexibility index (Phi) is 4.65. The van der Waals surface area contributed by atoms with Gasteiger partial charge in [-0.2, -0.15) is 0 Å². The van der Waals surface area contributed by atoms with E-state index in [1.54, 1.807) is 0 Å². The summed E-state index contributed by atoms with van der Waals surface area (Å²) in [7, 11) is 1.97. The summed E-state index contributed by atoms with van der Waals surface area (Å²) in [5.41, 5.74) is 5.73. The summed E-state index contributed by atoms with van der Waals surface area (Å²) in [4.78, 5) is 0. The monoisotopic (exact) mass is 144 g/mol. The zero-order valence-corrected chi connectivity index (χ0v) is 7.52. The molecule has 0 aromatic rings.